The van der Waals surface area contributed by atoms with Crippen LogP contribution in [0.3, 0.4) is 0 Å². The van der Waals surface area contributed by atoms with Gasteiger partial charge in [0.15, 0.2) is 0 Å². The lowest BCUT2D eigenvalue weighted by molar-refractivity contribution is 0.0465. The van der Waals surface area contributed by atoms with E-state index >= 15 is 0 Å². The molecule has 0 N–H and O–H groups in total. The summed E-state index contributed by atoms with van der Waals surface area (Å²) in [6.07, 6.45) is 11.4. The van der Waals surface area contributed by atoms with E-state index in [4.69, 9.17) is 23.7 Å². The Morgan fingerprint density at radius 1 is 0.500 bits per heavy atom. The molecule has 4 rings (SSSR count). The Labute approximate surface area is 295 Å². The van der Waals surface area contributed by atoms with Gasteiger partial charge in [-0.1, -0.05) is 95.5 Å². The van der Waals surface area contributed by atoms with Gasteiger partial charge in [0.2, 0.25) is 0 Å². The van der Waals surface area contributed by atoms with Crippen molar-refractivity contribution < 1.29 is 38.1 Å². The SMILES string of the molecule is CCCCCCCOc1ccc(C(=O)Oc2ccc(OC(=O)c3ccc(OCCCCCCC)cc3)c(C(=O)OCc3ccccc3)c2)cc1. The molecule has 0 radical (unpaired) electrons. The Kier molecular flexibility index (Phi) is 15.9. The molecule has 0 heterocycles. The molecule has 8 heteroatoms. The molecule has 4 aromatic rings. The normalized spacial score (nSPS) is 10.7. The van der Waals surface area contributed by atoms with E-state index in [1.54, 1.807) is 48.5 Å². The lowest BCUT2D eigenvalue weighted by Crippen LogP contribution is -2.14. The number of hydrogen-bond donors (Lipinski definition) is 0. The maximum atomic E-state index is 13.3. The molecular formula is C42H48O8. The molecule has 0 aliphatic heterocycles. The summed E-state index contributed by atoms with van der Waals surface area (Å²) in [5.74, 6) is -0.635. The van der Waals surface area contributed by atoms with Gasteiger partial charge >= 0.3 is 17.9 Å². The minimum atomic E-state index is -0.742. The van der Waals surface area contributed by atoms with E-state index in [-0.39, 0.29) is 29.2 Å². The molecule has 0 spiro atoms. The molecule has 0 aliphatic rings. The lowest BCUT2D eigenvalue weighted by Gasteiger charge is -2.13. The van der Waals surface area contributed by atoms with E-state index in [0.717, 1.165) is 31.2 Å². The summed E-state index contributed by atoms with van der Waals surface area (Å²) in [5, 5.41) is 0. The van der Waals surface area contributed by atoms with Crippen LogP contribution in [0.5, 0.6) is 23.0 Å². The average Bonchev–Trinajstić information content (AvgIpc) is 3.15. The van der Waals surface area contributed by atoms with Crippen LogP contribution in [-0.2, 0) is 11.3 Å². The number of hydrogen-bond acceptors (Lipinski definition) is 8. The number of rotatable bonds is 21. The summed E-state index contributed by atoms with van der Waals surface area (Å²) >= 11 is 0. The molecule has 0 bridgehead atoms. The fraction of sp³-hybridized carbons (Fsp3) is 0.357. The summed E-state index contributed by atoms with van der Waals surface area (Å²) < 4.78 is 28.4. The zero-order valence-electron chi connectivity index (χ0n) is 29.2. The lowest BCUT2D eigenvalue weighted by atomic mass is 10.1. The standard InChI is InChI=1S/C42H48O8/c1-3-5-7-9-14-28-46-35-22-18-33(19-23-35)40(43)49-37-26-27-39(38(30-37)42(45)48-31-32-16-12-11-13-17-32)50-41(44)34-20-24-36(25-21-34)47-29-15-10-8-6-4-2/h11-13,16-27,30H,3-10,14-15,28-29,31H2,1-2H3. The van der Waals surface area contributed by atoms with Gasteiger partial charge in [0, 0.05) is 0 Å². The van der Waals surface area contributed by atoms with E-state index in [1.807, 2.05) is 30.3 Å². The van der Waals surface area contributed by atoms with Gasteiger partial charge in [0.05, 0.1) is 24.3 Å². The van der Waals surface area contributed by atoms with Crippen molar-refractivity contribution in [1.29, 1.82) is 0 Å². The molecule has 0 atom stereocenters. The van der Waals surface area contributed by atoms with E-state index in [9.17, 15) is 14.4 Å². The van der Waals surface area contributed by atoms with Gasteiger partial charge in [-0.2, -0.15) is 0 Å². The first-order chi connectivity index (χ1) is 24.5. The summed E-state index contributed by atoms with van der Waals surface area (Å²) in [6, 6.07) is 26.8. The Hall–Kier alpha value is -5.11. The van der Waals surface area contributed by atoms with Gasteiger partial charge in [-0.15, -0.1) is 0 Å². The van der Waals surface area contributed by atoms with Crippen molar-refractivity contribution in [2.45, 2.75) is 84.7 Å². The van der Waals surface area contributed by atoms with Crippen molar-refractivity contribution >= 4 is 17.9 Å². The molecule has 0 fully saturated rings. The fourth-order valence-corrected chi connectivity index (χ4v) is 5.11. The van der Waals surface area contributed by atoms with Crippen molar-refractivity contribution in [1.82, 2.24) is 0 Å². The Balaban J connectivity index is 1.40. The van der Waals surface area contributed by atoms with Crippen LogP contribution in [0.15, 0.2) is 97.1 Å². The molecule has 0 saturated heterocycles. The van der Waals surface area contributed by atoms with Crippen LogP contribution in [0, 0.1) is 0 Å². The number of esters is 3. The predicted molar refractivity (Wildman–Crippen MR) is 193 cm³/mol. The predicted octanol–water partition coefficient (Wildman–Crippen LogP) is 10.2. The molecule has 0 unspecified atom stereocenters. The first kappa shape index (κ1) is 37.7. The van der Waals surface area contributed by atoms with Crippen LogP contribution >= 0.6 is 0 Å². The highest BCUT2D eigenvalue weighted by Crippen LogP contribution is 2.28. The van der Waals surface area contributed by atoms with Gasteiger partial charge in [0.1, 0.15) is 35.2 Å². The molecule has 50 heavy (non-hydrogen) atoms. The maximum Gasteiger partial charge on any atom is 0.343 e. The Morgan fingerprint density at radius 3 is 1.54 bits per heavy atom. The quantitative estimate of drug-likeness (QED) is 0.0487. The van der Waals surface area contributed by atoms with Crippen LogP contribution < -0.4 is 18.9 Å². The van der Waals surface area contributed by atoms with Crippen molar-refractivity contribution in [2.24, 2.45) is 0 Å². The number of carbonyl (C=O) groups excluding carboxylic acids is 3. The highest BCUT2D eigenvalue weighted by molar-refractivity contribution is 5.97. The summed E-state index contributed by atoms with van der Waals surface area (Å²) in [4.78, 5) is 39.4. The summed E-state index contributed by atoms with van der Waals surface area (Å²) in [7, 11) is 0. The van der Waals surface area contributed by atoms with Gasteiger partial charge < -0.3 is 23.7 Å². The van der Waals surface area contributed by atoms with Crippen molar-refractivity contribution in [2.75, 3.05) is 13.2 Å². The topological polar surface area (TPSA) is 97.4 Å². The van der Waals surface area contributed by atoms with Crippen LogP contribution in [0.25, 0.3) is 0 Å². The minimum absolute atomic E-state index is 0.00427. The number of unbranched alkanes of at least 4 members (excludes halogenated alkanes) is 8. The molecule has 264 valence electrons. The zero-order valence-corrected chi connectivity index (χ0v) is 29.2. The Morgan fingerprint density at radius 2 is 1.00 bits per heavy atom. The first-order valence-electron chi connectivity index (χ1n) is 17.7. The highest BCUT2D eigenvalue weighted by atomic mass is 16.6. The van der Waals surface area contributed by atoms with Crippen LogP contribution in [0.2, 0.25) is 0 Å². The van der Waals surface area contributed by atoms with E-state index in [0.29, 0.717) is 30.3 Å². The summed E-state index contributed by atoms with van der Waals surface area (Å²) in [5.41, 5.74) is 1.32. The van der Waals surface area contributed by atoms with E-state index in [2.05, 4.69) is 13.8 Å². The Bertz CT molecular complexity index is 1610. The molecule has 0 aliphatic carbocycles. The zero-order chi connectivity index (χ0) is 35.4. The average molecular weight is 681 g/mol. The van der Waals surface area contributed by atoms with Crippen LogP contribution in [0.1, 0.15) is 115 Å². The number of benzene rings is 4. The van der Waals surface area contributed by atoms with E-state index in [1.165, 1.54) is 56.7 Å². The third-order valence-corrected chi connectivity index (χ3v) is 8.01. The summed E-state index contributed by atoms with van der Waals surface area (Å²) in [6.45, 7) is 5.60. The minimum Gasteiger partial charge on any atom is -0.494 e. The first-order valence-corrected chi connectivity index (χ1v) is 17.7. The number of carbonyl (C=O) groups is 3. The van der Waals surface area contributed by atoms with Crippen molar-refractivity contribution in [3.8, 4) is 23.0 Å². The van der Waals surface area contributed by atoms with Crippen LogP contribution in [0.4, 0.5) is 0 Å². The third kappa shape index (κ3) is 12.7. The van der Waals surface area contributed by atoms with Gasteiger partial charge in [-0.05, 0) is 85.1 Å². The van der Waals surface area contributed by atoms with Gasteiger partial charge in [0.25, 0.3) is 0 Å². The molecule has 4 aromatic carbocycles. The maximum absolute atomic E-state index is 13.3. The molecule has 0 amide bonds. The smallest absolute Gasteiger partial charge is 0.343 e. The largest absolute Gasteiger partial charge is 0.494 e. The van der Waals surface area contributed by atoms with Crippen molar-refractivity contribution in [3.63, 3.8) is 0 Å². The fourth-order valence-electron chi connectivity index (χ4n) is 5.11. The molecule has 0 aromatic heterocycles. The third-order valence-electron chi connectivity index (χ3n) is 8.01. The molecule has 8 nitrogen and oxygen atoms in total. The highest BCUT2D eigenvalue weighted by Gasteiger charge is 2.21. The van der Waals surface area contributed by atoms with Gasteiger partial charge in [-0.3, -0.25) is 0 Å². The van der Waals surface area contributed by atoms with Crippen molar-refractivity contribution in [3.05, 3.63) is 119 Å². The second-order valence-electron chi connectivity index (χ2n) is 12.1. The monoisotopic (exact) mass is 680 g/mol. The number of ether oxygens (including phenoxy) is 5. The molecule has 0 saturated carbocycles. The second-order valence-corrected chi connectivity index (χ2v) is 12.1. The molecular weight excluding hydrogens is 632 g/mol. The van der Waals surface area contributed by atoms with Crippen LogP contribution in [-0.4, -0.2) is 31.1 Å². The second kappa shape index (κ2) is 21.1. The van der Waals surface area contributed by atoms with E-state index < -0.39 is 17.9 Å². The van der Waals surface area contributed by atoms with Gasteiger partial charge in [-0.25, -0.2) is 14.4 Å².